The molecule has 12 aromatic rings. The minimum atomic E-state index is 0.384. The summed E-state index contributed by atoms with van der Waals surface area (Å²) in [5, 5.41) is 4.11. The molecule has 0 amide bonds. The van der Waals surface area contributed by atoms with Crippen LogP contribution in [0.25, 0.3) is 117 Å². The largest absolute Gasteiger partial charge is 0.308 e. The highest BCUT2D eigenvalue weighted by atomic mass is 15.1. The van der Waals surface area contributed by atoms with Crippen molar-refractivity contribution in [2.45, 2.75) is 27.7 Å². The first kappa shape index (κ1) is 40.2. The van der Waals surface area contributed by atoms with Gasteiger partial charge in [-0.05, 0) is 88.4 Å². The van der Waals surface area contributed by atoms with Crippen molar-refractivity contribution in [3.05, 3.63) is 192 Å². The monoisotopic (exact) mass is 878 g/mol. The summed E-state index contributed by atoms with van der Waals surface area (Å²) in [5.41, 5.74) is 9.84. The van der Waals surface area contributed by atoms with E-state index in [1.807, 2.05) is 94.4 Å². The first-order valence-corrected chi connectivity index (χ1v) is 22.2. The Morgan fingerprint density at radius 1 is 0.338 bits per heavy atom. The Labute approximate surface area is 390 Å². The second kappa shape index (κ2) is 16.0. The number of hydrogen-bond donors (Lipinski definition) is 0. The van der Waals surface area contributed by atoms with E-state index < -0.39 is 0 Å². The molecular formula is C56H38N12. The SMILES string of the molecule is [C-]#[N+]c1cc(-n2c3ccccc3c3cc(-c4nc(C)nc(C)n4)ccc32)c(-n2c3ccccc3c3cc(-c4nc(C)nc(C)n4)ccc32)cc1-c1nc(-c2ccccc2)nc(-c2ccccc2)n1. The van der Waals surface area contributed by atoms with E-state index in [-0.39, 0.29) is 0 Å². The Kier molecular flexibility index (Phi) is 9.44. The van der Waals surface area contributed by atoms with Gasteiger partial charge in [0, 0.05) is 49.4 Å². The first-order valence-electron chi connectivity index (χ1n) is 22.2. The minimum absolute atomic E-state index is 0.384. The van der Waals surface area contributed by atoms with E-state index in [1.165, 1.54) is 0 Å². The Morgan fingerprint density at radius 2 is 0.721 bits per heavy atom. The van der Waals surface area contributed by atoms with Crippen LogP contribution in [-0.2, 0) is 0 Å². The zero-order valence-corrected chi connectivity index (χ0v) is 37.4. The molecule has 0 bridgehead atoms. The second-order valence-corrected chi connectivity index (χ2v) is 16.7. The number of rotatable bonds is 7. The average Bonchev–Trinajstić information content (AvgIpc) is 3.88. The van der Waals surface area contributed by atoms with Gasteiger partial charge in [-0.25, -0.2) is 49.7 Å². The van der Waals surface area contributed by atoms with Crippen LogP contribution >= 0.6 is 0 Å². The number of aromatic nitrogens is 11. The molecule has 0 aliphatic rings. The number of aryl methyl sites for hydroxylation is 4. The van der Waals surface area contributed by atoms with Crippen molar-refractivity contribution in [1.29, 1.82) is 0 Å². The van der Waals surface area contributed by atoms with Crippen LogP contribution in [0.15, 0.2) is 158 Å². The molecule has 12 rings (SSSR count). The lowest BCUT2D eigenvalue weighted by Gasteiger charge is -2.19. The van der Waals surface area contributed by atoms with Gasteiger partial charge in [-0.2, -0.15) is 0 Å². The van der Waals surface area contributed by atoms with Gasteiger partial charge in [0.1, 0.15) is 23.3 Å². The van der Waals surface area contributed by atoms with Gasteiger partial charge in [0.05, 0.1) is 40.0 Å². The molecule has 0 aliphatic heterocycles. The van der Waals surface area contributed by atoms with Gasteiger partial charge in [-0.1, -0.05) is 97.1 Å². The number of fused-ring (bicyclic) bond motifs is 6. The van der Waals surface area contributed by atoms with Crippen LogP contribution in [0.5, 0.6) is 0 Å². The van der Waals surface area contributed by atoms with Crippen molar-refractivity contribution in [2.75, 3.05) is 0 Å². The number of nitrogens with zero attached hydrogens (tertiary/aromatic N) is 12. The molecule has 12 nitrogen and oxygen atoms in total. The van der Waals surface area contributed by atoms with E-state index in [4.69, 9.17) is 41.5 Å². The number of para-hydroxylation sites is 2. The minimum Gasteiger partial charge on any atom is -0.308 e. The topological polar surface area (TPSA) is 130 Å². The normalized spacial score (nSPS) is 11.5. The maximum absolute atomic E-state index is 8.82. The van der Waals surface area contributed by atoms with E-state index in [9.17, 15) is 0 Å². The van der Waals surface area contributed by atoms with Crippen LogP contribution in [0.2, 0.25) is 0 Å². The molecule has 0 unspecified atom stereocenters. The summed E-state index contributed by atoms with van der Waals surface area (Å²) >= 11 is 0. The first-order chi connectivity index (χ1) is 33.3. The predicted octanol–water partition coefficient (Wildman–Crippen LogP) is 12.6. The van der Waals surface area contributed by atoms with E-state index in [0.717, 1.165) is 77.2 Å². The van der Waals surface area contributed by atoms with E-state index >= 15 is 0 Å². The van der Waals surface area contributed by atoms with Crippen LogP contribution < -0.4 is 0 Å². The summed E-state index contributed by atoms with van der Waals surface area (Å²) in [7, 11) is 0. The summed E-state index contributed by atoms with van der Waals surface area (Å²) < 4.78 is 4.54. The molecule has 0 spiro atoms. The Morgan fingerprint density at radius 3 is 1.18 bits per heavy atom. The highest BCUT2D eigenvalue weighted by Crippen LogP contribution is 2.44. The van der Waals surface area contributed by atoms with Crippen molar-refractivity contribution < 1.29 is 0 Å². The molecule has 0 saturated carbocycles. The lowest BCUT2D eigenvalue weighted by atomic mass is 10.1. The summed E-state index contributed by atoms with van der Waals surface area (Å²) in [5.74, 6) is 5.27. The van der Waals surface area contributed by atoms with Crippen molar-refractivity contribution in [3.63, 3.8) is 0 Å². The maximum atomic E-state index is 8.82. The van der Waals surface area contributed by atoms with Crippen molar-refractivity contribution in [2.24, 2.45) is 0 Å². The predicted molar refractivity (Wildman–Crippen MR) is 268 cm³/mol. The van der Waals surface area contributed by atoms with Crippen molar-refractivity contribution >= 4 is 49.3 Å². The molecule has 322 valence electrons. The fourth-order valence-electron chi connectivity index (χ4n) is 9.36. The molecule has 12 heteroatoms. The fraction of sp³-hybridized carbons (Fsp3) is 0.0714. The van der Waals surface area contributed by atoms with E-state index in [1.54, 1.807) is 0 Å². The van der Waals surface area contributed by atoms with Gasteiger partial charge in [0.25, 0.3) is 0 Å². The van der Waals surface area contributed by atoms with Gasteiger partial charge in [-0.15, -0.1) is 0 Å². The molecular weight excluding hydrogens is 841 g/mol. The molecule has 5 aromatic heterocycles. The molecule has 5 heterocycles. The van der Waals surface area contributed by atoms with Crippen molar-refractivity contribution in [3.8, 4) is 68.3 Å². The lowest BCUT2D eigenvalue weighted by Crippen LogP contribution is -2.06. The summed E-state index contributed by atoms with van der Waals surface area (Å²) in [6.07, 6.45) is 0. The summed E-state index contributed by atoms with van der Waals surface area (Å²) in [4.78, 5) is 47.3. The van der Waals surface area contributed by atoms with Gasteiger partial charge in [0.15, 0.2) is 34.8 Å². The van der Waals surface area contributed by atoms with Crippen LogP contribution in [0.4, 0.5) is 5.69 Å². The summed E-state index contributed by atoms with van der Waals surface area (Å²) in [6, 6.07) is 53.3. The molecule has 0 fully saturated rings. The third-order valence-electron chi connectivity index (χ3n) is 12.2. The molecule has 0 atom stereocenters. The van der Waals surface area contributed by atoms with Gasteiger partial charge < -0.3 is 9.13 Å². The van der Waals surface area contributed by atoms with Crippen LogP contribution in [0.1, 0.15) is 23.3 Å². The molecule has 7 aromatic carbocycles. The summed E-state index contributed by atoms with van der Waals surface area (Å²) in [6.45, 7) is 16.4. The van der Waals surface area contributed by atoms with E-state index in [0.29, 0.717) is 63.7 Å². The molecule has 0 radical (unpaired) electrons. The lowest BCUT2D eigenvalue weighted by molar-refractivity contribution is 0.928. The van der Waals surface area contributed by atoms with Crippen LogP contribution in [0, 0.1) is 34.3 Å². The van der Waals surface area contributed by atoms with Gasteiger partial charge in [0.2, 0.25) is 0 Å². The van der Waals surface area contributed by atoms with Crippen molar-refractivity contribution in [1.82, 2.24) is 54.0 Å². The highest BCUT2D eigenvalue weighted by molar-refractivity contribution is 6.13. The maximum Gasteiger partial charge on any atom is 0.200 e. The Hall–Kier alpha value is -9.34. The molecule has 0 aliphatic carbocycles. The third-order valence-corrected chi connectivity index (χ3v) is 12.2. The zero-order chi connectivity index (χ0) is 46.0. The average molecular weight is 879 g/mol. The Bertz CT molecular complexity index is 3940. The van der Waals surface area contributed by atoms with Crippen LogP contribution in [0.3, 0.4) is 0 Å². The smallest absolute Gasteiger partial charge is 0.200 e. The number of benzene rings is 7. The van der Waals surface area contributed by atoms with Gasteiger partial charge >= 0.3 is 0 Å². The second-order valence-electron chi connectivity index (χ2n) is 16.7. The standard InChI is InChI=1S/C56H38N12/c1-32-58-33(2)61-54(60-32)38-24-26-48-42(28-38)40-20-12-14-22-46(40)67(48)50-30-44(56-65-52(36-16-8-6-9-17-36)64-53(66-56)37-18-10-7-11-19-37)45(57-5)31-51(50)68-47-23-15-13-21-41(47)43-29-39(25-27-49(43)68)55-62-34(3)59-35(4)63-55/h6-31H,1-4H3. The number of hydrogen-bond acceptors (Lipinski definition) is 9. The zero-order valence-electron chi connectivity index (χ0n) is 37.4. The quantitative estimate of drug-likeness (QED) is 0.144. The van der Waals surface area contributed by atoms with Gasteiger partial charge in [-0.3, -0.25) is 0 Å². The van der Waals surface area contributed by atoms with E-state index in [2.05, 4.69) is 115 Å². The molecule has 68 heavy (non-hydrogen) atoms. The highest BCUT2D eigenvalue weighted by Gasteiger charge is 2.25. The molecule has 0 saturated heterocycles. The third kappa shape index (κ3) is 6.80. The Balaban J connectivity index is 1.18. The van der Waals surface area contributed by atoms with Crippen LogP contribution in [-0.4, -0.2) is 54.0 Å². The fourth-order valence-corrected chi connectivity index (χ4v) is 9.36. The molecule has 0 N–H and O–H groups in total.